The summed E-state index contributed by atoms with van der Waals surface area (Å²) in [5.41, 5.74) is 9.88. The first kappa shape index (κ1) is 35.6. The van der Waals surface area contributed by atoms with E-state index >= 15 is 0 Å². The van der Waals surface area contributed by atoms with Gasteiger partial charge in [0.05, 0.1) is 0 Å². The second-order valence-electron chi connectivity index (χ2n) is 15.2. The fraction of sp³-hybridized carbons (Fsp3) is 0.102. The Balaban J connectivity index is 0.00000410. The van der Waals surface area contributed by atoms with E-state index in [2.05, 4.69) is 151 Å². The molecule has 278 valence electrons. The van der Waals surface area contributed by atoms with Gasteiger partial charge < -0.3 is 23.5 Å². The van der Waals surface area contributed by atoms with E-state index in [1.165, 1.54) is 0 Å². The summed E-state index contributed by atoms with van der Waals surface area (Å²) >= 11 is 0. The quantitative estimate of drug-likeness (QED) is 0.156. The summed E-state index contributed by atoms with van der Waals surface area (Å²) in [6.45, 7) is 8.73. The van der Waals surface area contributed by atoms with Gasteiger partial charge in [-0.2, -0.15) is 12.7 Å². The van der Waals surface area contributed by atoms with Crippen LogP contribution in [0.2, 0.25) is 0 Å². The summed E-state index contributed by atoms with van der Waals surface area (Å²) in [7, 11) is 2.04. The Labute approximate surface area is 340 Å². The van der Waals surface area contributed by atoms with E-state index < -0.39 is 0 Å². The van der Waals surface area contributed by atoms with Gasteiger partial charge in [-0.15, -0.1) is 47.0 Å². The normalized spacial score (nSPS) is 13.2. The molecule has 9 aromatic rings. The van der Waals surface area contributed by atoms with E-state index in [9.17, 15) is 0 Å². The van der Waals surface area contributed by atoms with Gasteiger partial charge in [0.2, 0.25) is 0 Å². The Morgan fingerprint density at radius 2 is 1.41 bits per heavy atom. The number of nitrogens with zero attached hydrogens (tertiary/aromatic N) is 4. The van der Waals surface area contributed by atoms with Crippen molar-refractivity contribution in [3.05, 3.63) is 176 Å². The molecule has 0 N–H and O–H groups in total. The van der Waals surface area contributed by atoms with Crippen LogP contribution in [-0.4, -0.2) is 21.5 Å². The summed E-state index contributed by atoms with van der Waals surface area (Å²) in [6, 6.07) is 53.3. The first-order valence-corrected chi connectivity index (χ1v) is 18.5. The van der Waals surface area contributed by atoms with E-state index in [0.29, 0.717) is 11.5 Å². The molecule has 0 amide bonds. The molecule has 0 fully saturated rings. The molecule has 0 aliphatic carbocycles. The van der Waals surface area contributed by atoms with Crippen molar-refractivity contribution in [3.8, 4) is 28.4 Å². The number of aromatic nitrogens is 2. The van der Waals surface area contributed by atoms with Crippen molar-refractivity contribution in [1.29, 1.82) is 0 Å². The van der Waals surface area contributed by atoms with Crippen molar-refractivity contribution in [2.45, 2.75) is 26.2 Å². The number of anilines is 1. The molecule has 0 bridgehead atoms. The number of hydrogen-bond donors (Lipinski definition) is 0. The number of ether oxygens (including phenoxy) is 1. The molecule has 0 unspecified atom stereocenters. The summed E-state index contributed by atoms with van der Waals surface area (Å²) in [4.78, 5) is 9.26. The number of hydrogen-bond acceptors (Lipinski definition) is 5. The second-order valence-corrected chi connectivity index (χ2v) is 15.2. The number of rotatable bonds is 6. The van der Waals surface area contributed by atoms with Gasteiger partial charge >= 0.3 is 0 Å². The third-order valence-corrected chi connectivity index (χ3v) is 10.4. The Morgan fingerprint density at radius 3 is 2.20 bits per heavy atom. The number of furan rings is 1. The van der Waals surface area contributed by atoms with Crippen molar-refractivity contribution in [2.24, 2.45) is 0 Å². The number of benzene rings is 6. The summed E-state index contributed by atoms with van der Waals surface area (Å²) in [5, 5.41) is 4.18. The summed E-state index contributed by atoms with van der Waals surface area (Å²) in [6.07, 6.45) is 4.04. The van der Waals surface area contributed by atoms with E-state index in [1.807, 2.05) is 55.7 Å². The summed E-state index contributed by atoms with van der Waals surface area (Å²) in [5.74, 6) is 1.94. The average molecular weight is 909 g/mol. The molecule has 56 heavy (non-hydrogen) atoms. The zero-order chi connectivity index (χ0) is 37.3. The van der Waals surface area contributed by atoms with Crippen LogP contribution in [0, 0.1) is 18.8 Å². The topological polar surface area (TPSA) is 46.7 Å². The summed E-state index contributed by atoms with van der Waals surface area (Å²) < 4.78 is 15.2. The third-order valence-electron chi connectivity index (χ3n) is 10.4. The molecule has 10 rings (SSSR count). The smallest absolute Gasteiger partial charge is 0.140 e. The zero-order valence-corrected chi connectivity index (χ0v) is 33.6. The Hall–Kier alpha value is -6.10. The van der Waals surface area contributed by atoms with Gasteiger partial charge in [-0.05, 0) is 52.9 Å². The fourth-order valence-corrected chi connectivity index (χ4v) is 7.58. The van der Waals surface area contributed by atoms with Crippen LogP contribution in [0.5, 0.6) is 11.5 Å². The maximum atomic E-state index is 6.74. The largest absolute Gasteiger partial charge is 0.510 e. The van der Waals surface area contributed by atoms with E-state index in [4.69, 9.17) is 14.1 Å². The molecule has 1 aliphatic rings. The maximum Gasteiger partial charge on any atom is 0.140 e. The predicted octanol–water partition coefficient (Wildman–Crippen LogP) is 12.3. The predicted molar refractivity (Wildman–Crippen MR) is 223 cm³/mol. The molecule has 1 aliphatic heterocycles. The van der Waals surface area contributed by atoms with Crippen LogP contribution in [0.1, 0.15) is 31.9 Å². The van der Waals surface area contributed by atoms with E-state index in [0.717, 1.165) is 83.2 Å². The molecule has 0 saturated carbocycles. The Bertz CT molecular complexity index is 2940. The zero-order valence-electron chi connectivity index (χ0n) is 31.4. The van der Waals surface area contributed by atoms with Gasteiger partial charge in [0.25, 0.3) is 0 Å². The second kappa shape index (κ2) is 13.9. The molecule has 3 aromatic heterocycles. The van der Waals surface area contributed by atoms with Crippen LogP contribution in [-0.2, 0) is 26.5 Å². The molecule has 0 radical (unpaired) electrons. The van der Waals surface area contributed by atoms with E-state index in [1.54, 1.807) is 0 Å². The average Bonchev–Trinajstić information content (AvgIpc) is 3.88. The number of pyridine rings is 1. The van der Waals surface area contributed by atoms with Crippen LogP contribution in [0.3, 0.4) is 0 Å². The molecule has 7 heteroatoms. The molecule has 6 nitrogen and oxygen atoms in total. The monoisotopic (exact) mass is 908 g/mol. The Kier molecular flexibility index (Phi) is 8.82. The minimum absolute atomic E-state index is 0. The SMILES string of the molecule is CN1C=C(c2ccccc2)N(c2[c-]c(Oc3[c-]c4c(cc3)c3cc(-c5ccccc5)ccc3n4-c3cc4oc5ccccc5c4cn3)cc(C(C)(C)C)c2)[CH-]1.[Pt]. The van der Waals surface area contributed by atoms with Gasteiger partial charge in [0, 0.05) is 66.8 Å². The van der Waals surface area contributed by atoms with Crippen LogP contribution >= 0.6 is 0 Å². The van der Waals surface area contributed by atoms with Crippen molar-refractivity contribution in [2.75, 3.05) is 11.9 Å². The number of para-hydroxylation sites is 1. The van der Waals surface area contributed by atoms with Crippen LogP contribution < -0.4 is 9.64 Å². The first-order valence-electron chi connectivity index (χ1n) is 18.5. The van der Waals surface area contributed by atoms with Crippen molar-refractivity contribution in [1.82, 2.24) is 14.5 Å². The van der Waals surface area contributed by atoms with Crippen molar-refractivity contribution >= 4 is 55.1 Å². The third kappa shape index (κ3) is 6.24. The molecular weight excluding hydrogens is 872 g/mol. The fourth-order valence-electron chi connectivity index (χ4n) is 7.58. The van der Waals surface area contributed by atoms with Crippen molar-refractivity contribution in [3.63, 3.8) is 0 Å². The molecule has 0 atom stereocenters. The van der Waals surface area contributed by atoms with Gasteiger partial charge in [-0.3, -0.25) is 0 Å². The van der Waals surface area contributed by atoms with Crippen LogP contribution in [0.15, 0.2) is 150 Å². The van der Waals surface area contributed by atoms with E-state index in [-0.39, 0.29) is 26.5 Å². The first-order chi connectivity index (χ1) is 26.8. The minimum Gasteiger partial charge on any atom is -0.510 e. The molecule has 0 saturated heterocycles. The van der Waals surface area contributed by atoms with Crippen molar-refractivity contribution < 1.29 is 30.2 Å². The molecular formula is C49H37N4O2Pt-3. The van der Waals surface area contributed by atoms with Gasteiger partial charge in [0.15, 0.2) is 0 Å². The van der Waals surface area contributed by atoms with Gasteiger partial charge in [0.1, 0.15) is 17.0 Å². The van der Waals surface area contributed by atoms with Crippen LogP contribution in [0.25, 0.3) is 66.4 Å². The number of fused-ring (bicyclic) bond motifs is 6. The maximum absolute atomic E-state index is 6.74. The van der Waals surface area contributed by atoms with Gasteiger partial charge in [-0.1, -0.05) is 117 Å². The standard InChI is InChI=1S/C49H37N4O2.Pt/c1-49(2,3)35-24-36(52-31-51(4)30-45(52)33-15-9-6-10-16-33)26-38(25-35)54-37-20-21-39-41-23-34(32-13-7-5-8-14-32)19-22-43(41)53(44(39)27-37)48-28-47-42(29-50-48)40-17-11-12-18-46(40)55-47;/h5-25,28-31H,1-4H3;/q-3;. The Morgan fingerprint density at radius 1 is 0.661 bits per heavy atom. The molecule has 4 heterocycles. The minimum atomic E-state index is -0.137. The van der Waals surface area contributed by atoms with Gasteiger partial charge in [-0.25, -0.2) is 4.98 Å². The molecule has 0 spiro atoms. The molecule has 6 aromatic carbocycles. The van der Waals surface area contributed by atoms with Crippen LogP contribution in [0.4, 0.5) is 5.69 Å².